The van der Waals surface area contributed by atoms with Crippen LogP contribution in [0.4, 0.5) is 22.7 Å². The van der Waals surface area contributed by atoms with Crippen molar-refractivity contribution in [3.8, 4) is 28.7 Å². The Labute approximate surface area is 394 Å². The van der Waals surface area contributed by atoms with E-state index in [1.807, 2.05) is 0 Å². The summed E-state index contributed by atoms with van der Waals surface area (Å²) >= 11 is 0. The van der Waals surface area contributed by atoms with E-state index in [0.29, 0.717) is 5.69 Å². The number of carbonyl (C=O) groups is 7. The Kier molecular flexibility index (Phi) is 16.9. The van der Waals surface area contributed by atoms with Crippen molar-refractivity contribution in [1.29, 1.82) is 0 Å². The van der Waals surface area contributed by atoms with E-state index in [1.54, 1.807) is 39.8 Å². The number of primary amides is 1. The van der Waals surface area contributed by atoms with Gasteiger partial charge in [-0.05, 0) is 125 Å². The van der Waals surface area contributed by atoms with Gasteiger partial charge < -0.3 is 72.7 Å². The molecule has 5 aromatic carbocycles. The van der Waals surface area contributed by atoms with E-state index in [2.05, 4.69) is 26.6 Å². The number of benzene rings is 5. The number of phenolic OH excluding ortho intramolecular Hbond substituents is 2. The van der Waals surface area contributed by atoms with Gasteiger partial charge in [-0.15, -0.1) is 0 Å². The molecule has 3 unspecified atom stereocenters. The number of anilines is 4. The van der Waals surface area contributed by atoms with Crippen LogP contribution in [0.3, 0.4) is 0 Å². The van der Waals surface area contributed by atoms with Crippen LogP contribution in [-0.4, -0.2) is 99.3 Å². The molecule has 21 nitrogen and oxygen atoms in total. The third kappa shape index (κ3) is 13.2. The summed E-state index contributed by atoms with van der Waals surface area (Å²) in [6.07, 6.45) is -2.52. The van der Waals surface area contributed by atoms with Gasteiger partial charge in [0.15, 0.2) is 29.1 Å². The minimum atomic E-state index is -1.66. The molecule has 6 amide bonds. The fraction of sp³-hybridized carbons (Fsp3) is 0.229. The van der Waals surface area contributed by atoms with Gasteiger partial charge in [0.1, 0.15) is 17.4 Å². The van der Waals surface area contributed by atoms with E-state index in [4.69, 9.17) is 25.7 Å². The number of aromatic hydroxyl groups is 3. The number of amides is 6. The molecule has 0 aromatic heterocycles. The molecule has 0 saturated heterocycles. The number of carboxylic acids is 1. The summed E-state index contributed by atoms with van der Waals surface area (Å²) in [5, 5.41) is 53.6. The van der Waals surface area contributed by atoms with Crippen molar-refractivity contribution in [3.05, 3.63) is 125 Å². The standard InChI is InChI=1S/C48H51N7O14/c1-23(2)68-39-34(20-18-31(37(39)57)45(62)54-35-21-19-32(48(65)66)38(58)40(35)69-24(3)4)53-43(60)26-8-14-29(15-9-26)52-47(64)36(41(67-5)42(50)59)55-44(61)27-10-12-28(13-11-27)51-46(63)33(49)22-25-6-16-30(56)17-7-25/h6-21,23-24,33,36,41,56-58H,22,49H2,1-5H3,(H2,50,59)(H,51,63)(H,52,64)(H,53,60)(H,54,62)(H,55,61)(H,65,66). The predicted molar refractivity (Wildman–Crippen MR) is 252 cm³/mol. The normalized spacial score (nSPS) is 12.2. The monoisotopic (exact) mass is 949 g/mol. The zero-order valence-corrected chi connectivity index (χ0v) is 37.9. The smallest absolute Gasteiger partial charge is 0.339 e. The number of methoxy groups -OCH3 is 1. The van der Waals surface area contributed by atoms with Gasteiger partial charge in [-0.3, -0.25) is 28.8 Å². The van der Waals surface area contributed by atoms with Gasteiger partial charge in [-0.2, -0.15) is 0 Å². The molecule has 0 aliphatic carbocycles. The van der Waals surface area contributed by atoms with Gasteiger partial charge in [-0.25, -0.2) is 4.79 Å². The SMILES string of the molecule is COC(C(N)=O)C(NC(=O)c1ccc(NC(=O)C(N)Cc2ccc(O)cc2)cc1)C(=O)Nc1ccc(C(=O)Nc2ccc(C(=O)Nc3ccc(C(=O)O)c(O)c3OC(C)C)c(O)c2OC(C)C)cc1. The van der Waals surface area contributed by atoms with Gasteiger partial charge in [0.2, 0.25) is 17.7 Å². The van der Waals surface area contributed by atoms with Crippen molar-refractivity contribution >= 4 is 64.2 Å². The van der Waals surface area contributed by atoms with Crippen molar-refractivity contribution in [3.63, 3.8) is 0 Å². The third-order valence-corrected chi connectivity index (χ3v) is 9.91. The molecular weight excluding hydrogens is 899 g/mol. The molecule has 0 aliphatic rings. The summed E-state index contributed by atoms with van der Waals surface area (Å²) in [6.45, 7) is 6.54. The highest BCUT2D eigenvalue weighted by atomic mass is 16.5. The van der Waals surface area contributed by atoms with Crippen LogP contribution in [0.2, 0.25) is 0 Å². The van der Waals surface area contributed by atoms with Crippen LogP contribution in [0.1, 0.15) is 74.7 Å². The Balaban J connectivity index is 1.26. The summed E-state index contributed by atoms with van der Waals surface area (Å²) in [4.78, 5) is 90.6. The van der Waals surface area contributed by atoms with E-state index < -0.39 is 88.9 Å². The third-order valence-electron chi connectivity index (χ3n) is 9.91. The molecule has 69 heavy (non-hydrogen) atoms. The Morgan fingerprint density at radius 1 is 0.580 bits per heavy atom. The molecule has 0 spiro atoms. The van der Waals surface area contributed by atoms with Crippen LogP contribution >= 0.6 is 0 Å². The number of aromatic carboxylic acids is 1. The molecule has 0 saturated carbocycles. The first-order chi connectivity index (χ1) is 32.7. The average molecular weight is 950 g/mol. The Hall–Kier alpha value is -8.69. The van der Waals surface area contributed by atoms with E-state index in [-0.39, 0.29) is 57.4 Å². The van der Waals surface area contributed by atoms with Crippen LogP contribution in [0.15, 0.2) is 97.1 Å². The maximum atomic E-state index is 13.6. The zero-order valence-electron chi connectivity index (χ0n) is 37.9. The molecule has 0 aliphatic heterocycles. The Morgan fingerprint density at radius 2 is 1.04 bits per heavy atom. The Bertz CT molecular complexity index is 2730. The molecule has 362 valence electrons. The highest BCUT2D eigenvalue weighted by molar-refractivity contribution is 6.11. The van der Waals surface area contributed by atoms with Crippen molar-refractivity contribution in [1.82, 2.24) is 5.32 Å². The van der Waals surface area contributed by atoms with Crippen LogP contribution in [0.25, 0.3) is 0 Å². The number of hydrogen-bond acceptors (Lipinski definition) is 14. The largest absolute Gasteiger partial charge is 0.508 e. The first-order valence-corrected chi connectivity index (χ1v) is 21.1. The molecule has 0 heterocycles. The van der Waals surface area contributed by atoms with Crippen molar-refractivity contribution < 1.29 is 68.2 Å². The molecule has 13 N–H and O–H groups in total. The zero-order chi connectivity index (χ0) is 50.7. The average Bonchev–Trinajstić information content (AvgIpc) is 3.29. The van der Waals surface area contributed by atoms with Gasteiger partial charge >= 0.3 is 5.97 Å². The maximum absolute atomic E-state index is 13.6. The second kappa shape index (κ2) is 22.7. The van der Waals surface area contributed by atoms with Crippen LogP contribution in [0.5, 0.6) is 28.7 Å². The lowest BCUT2D eigenvalue weighted by Crippen LogP contribution is -2.56. The van der Waals surface area contributed by atoms with E-state index in [0.717, 1.165) is 18.7 Å². The lowest BCUT2D eigenvalue weighted by molar-refractivity contribution is -0.134. The van der Waals surface area contributed by atoms with Gasteiger partial charge in [-0.1, -0.05) is 12.1 Å². The lowest BCUT2D eigenvalue weighted by atomic mass is 10.1. The minimum Gasteiger partial charge on any atom is -0.508 e. The molecule has 3 atom stereocenters. The van der Waals surface area contributed by atoms with Crippen LogP contribution in [0, 0.1) is 0 Å². The van der Waals surface area contributed by atoms with Crippen LogP contribution < -0.4 is 47.5 Å². The number of carboxylic acid groups (broad SMARTS) is 1. The van der Waals surface area contributed by atoms with Gasteiger partial charge in [0, 0.05) is 29.6 Å². The van der Waals surface area contributed by atoms with Crippen molar-refractivity contribution in [2.45, 2.75) is 64.5 Å². The first-order valence-electron chi connectivity index (χ1n) is 21.1. The highest BCUT2D eigenvalue weighted by Crippen LogP contribution is 2.41. The highest BCUT2D eigenvalue weighted by Gasteiger charge is 2.35. The predicted octanol–water partition coefficient (Wildman–Crippen LogP) is 4.33. The molecule has 21 heteroatoms. The number of nitrogens with one attached hydrogen (secondary N) is 5. The first kappa shape index (κ1) is 51.3. The molecule has 0 bridgehead atoms. The van der Waals surface area contributed by atoms with E-state index >= 15 is 0 Å². The summed E-state index contributed by atoms with van der Waals surface area (Å²) < 4.78 is 16.6. The van der Waals surface area contributed by atoms with Crippen molar-refractivity contribution in [2.24, 2.45) is 11.5 Å². The number of ether oxygens (including phenoxy) is 3. The number of phenols is 3. The topological polar surface area (TPSA) is 340 Å². The second-order valence-corrected chi connectivity index (χ2v) is 15.8. The molecule has 5 aromatic rings. The molecule has 0 radical (unpaired) electrons. The quantitative estimate of drug-likeness (QED) is 0.0517. The number of carbonyl (C=O) groups excluding carboxylic acids is 6. The number of hydrogen-bond donors (Lipinski definition) is 11. The molecule has 0 fully saturated rings. The summed E-state index contributed by atoms with van der Waals surface area (Å²) in [5.74, 6) is -8.19. The van der Waals surface area contributed by atoms with E-state index in [9.17, 15) is 54.0 Å². The van der Waals surface area contributed by atoms with Gasteiger partial charge in [0.05, 0.1) is 35.2 Å². The van der Waals surface area contributed by atoms with E-state index in [1.165, 1.54) is 78.9 Å². The maximum Gasteiger partial charge on any atom is 0.339 e. The van der Waals surface area contributed by atoms with Crippen molar-refractivity contribution in [2.75, 3.05) is 28.4 Å². The molecular formula is C48H51N7O14. The fourth-order valence-corrected chi connectivity index (χ4v) is 6.55. The number of rotatable bonds is 20. The lowest BCUT2D eigenvalue weighted by Gasteiger charge is -2.24. The second-order valence-electron chi connectivity index (χ2n) is 15.8. The Morgan fingerprint density at radius 3 is 1.52 bits per heavy atom. The minimum absolute atomic E-state index is 0.0337. The summed E-state index contributed by atoms with van der Waals surface area (Å²) in [7, 11) is 1.12. The van der Waals surface area contributed by atoms with Crippen LogP contribution in [-0.2, 0) is 25.5 Å². The summed E-state index contributed by atoms with van der Waals surface area (Å²) in [6, 6.07) is 19.4. The fourth-order valence-electron chi connectivity index (χ4n) is 6.55. The summed E-state index contributed by atoms with van der Waals surface area (Å²) in [5.41, 5.74) is 11.9. The molecule has 5 rings (SSSR count). The van der Waals surface area contributed by atoms with Gasteiger partial charge in [0.25, 0.3) is 17.7 Å². The number of nitrogens with two attached hydrogens (primary N) is 2.